The highest BCUT2D eigenvalue weighted by molar-refractivity contribution is 9.10. The highest BCUT2D eigenvalue weighted by Gasteiger charge is 2.19. The van der Waals surface area contributed by atoms with E-state index in [1.54, 1.807) is 0 Å². The zero-order valence-electron chi connectivity index (χ0n) is 8.22. The van der Waals surface area contributed by atoms with Gasteiger partial charge in [0, 0.05) is 11.0 Å². The van der Waals surface area contributed by atoms with Crippen molar-refractivity contribution in [3.8, 4) is 0 Å². The number of benzene rings is 1. The Morgan fingerprint density at radius 2 is 2.43 bits per heavy atom. The van der Waals surface area contributed by atoms with E-state index in [1.165, 1.54) is 11.1 Å². The van der Waals surface area contributed by atoms with Crippen LogP contribution in [0.25, 0.3) is 0 Å². The maximum atomic E-state index is 5.72. The molecule has 14 heavy (non-hydrogen) atoms. The van der Waals surface area contributed by atoms with Gasteiger partial charge in [0.05, 0.1) is 12.7 Å². The van der Waals surface area contributed by atoms with Crippen molar-refractivity contribution in [2.45, 2.75) is 12.5 Å². The van der Waals surface area contributed by atoms with E-state index in [-0.39, 0.29) is 6.10 Å². The van der Waals surface area contributed by atoms with Crippen LogP contribution in [0.5, 0.6) is 0 Å². The van der Waals surface area contributed by atoms with Crippen molar-refractivity contribution in [1.82, 2.24) is 5.32 Å². The minimum Gasteiger partial charge on any atom is -0.372 e. The van der Waals surface area contributed by atoms with E-state index < -0.39 is 0 Å². The number of hydrogen-bond donors (Lipinski definition) is 1. The van der Waals surface area contributed by atoms with Crippen molar-refractivity contribution in [2.75, 3.05) is 20.2 Å². The number of hydrogen-bond acceptors (Lipinski definition) is 2. The van der Waals surface area contributed by atoms with Crippen LogP contribution in [0.1, 0.15) is 17.2 Å². The Bertz CT molecular complexity index is 327. The molecule has 2 rings (SSSR count). The monoisotopic (exact) mass is 255 g/mol. The van der Waals surface area contributed by atoms with Gasteiger partial charge in [-0.3, -0.25) is 0 Å². The second-order valence-electron chi connectivity index (χ2n) is 3.51. The maximum Gasteiger partial charge on any atom is 0.0952 e. The molecule has 0 spiro atoms. The van der Waals surface area contributed by atoms with Gasteiger partial charge in [0.1, 0.15) is 0 Å². The molecule has 0 radical (unpaired) electrons. The van der Waals surface area contributed by atoms with Crippen LogP contribution in [0, 0.1) is 0 Å². The molecule has 1 aliphatic heterocycles. The molecule has 1 heterocycles. The van der Waals surface area contributed by atoms with Gasteiger partial charge in [0.25, 0.3) is 0 Å². The van der Waals surface area contributed by atoms with Crippen LogP contribution in [0.3, 0.4) is 0 Å². The lowest BCUT2D eigenvalue weighted by atomic mass is 9.98. The molecule has 1 aliphatic rings. The molecule has 0 bridgehead atoms. The fourth-order valence-corrected chi connectivity index (χ4v) is 2.23. The lowest BCUT2D eigenvalue weighted by Gasteiger charge is -2.26. The molecule has 0 amide bonds. The van der Waals surface area contributed by atoms with Crippen LogP contribution in [0.2, 0.25) is 0 Å². The SMILES string of the molecule is CNC[C@H]1OCCc2ccc(Br)cc21. The molecule has 1 aromatic carbocycles. The van der Waals surface area contributed by atoms with Crippen molar-refractivity contribution in [3.05, 3.63) is 33.8 Å². The van der Waals surface area contributed by atoms with Crippen molar-refractivity contribution in [2.24, 2.45) is 0 Å². The molecule has 3 heteroatoms. The molecule has 2 nitrogen and oxygen atoms in total. The van der Waals surface area contributed by atoms with E-state index in [1.807, 2.05) is 7.05 Å². The standard InChI is InChI=1S/C11H14BrNO/c1-13-7-11-10-6-9(12)3-2-8(10)4-5-14-11/h2-3,6,11,13H,4-5,7H2,1H3/t11-/m1/s1. The highest BCUT2D eigenvalue weighted by Crippen LogP contribution is 2.29. The lowest BCUT2D eigenvalue weighted by Crippen LogP contribution is -2.25. The third kappa shape index (κ3) is 2.00. The average molecular weight is 256 g/mol. The predicted molar refractivity (Wildman–Crippen MR) is 60.5 cm³/mol. The fraction of sp³-hybridized carbons (Fsp3) is 0.455. The Balaban J connectivity index is 2.32. The molecular weight excluding hydrogens is 242 g/mol. The third-order valence-corrected chi connectivity index (χ3v) is 3.03. The molecule has 0 aromatic heterocycles. The molecule has 0 saturated carbocycles. The van der Waals surface area contributed by atoms with Crippen molar-refractivity contribution in [3.63, 3.8) is 0 Å². The second kappa shape index (κ2) is 4.43. The minimum absolute atomic E-state index is 0.209. The summed E-state index contributed by atoms with van der Waals surface area (Å²) in [7, 11) is 1.95. The normalized spacial score (nSPS) is 20.6. The number of nitrogens with one attached hydrogen (secondary N) is 1. The molecule has 1 N–H and O–H groups in total. The van der Waals surface area contributed by atoms with Crippen LogP contribution < -0.4 is 5.32 Å². The second-order valence-corrected chi connectivity index (χ2v) is 4.43. The first-order chi connectivity index (χ1) is 6.81. The van der Waals surface area contributed by atoms with Gasteiger partial charge in [0.15, 0.2) is 0 Å². The topological polar surface area (TPSA) is 21.3 Å². The summed E-state index contributed by atoms with van der Waals surface area (Å²) < 4.78 is 6.84. The third-order valence-electron chi connectivity index (χ3n) is 2.53. The molecule has 1 atom stereocenters. The molecule has 0 unspecified atom stereocenters. The Morgan fingerprint density at radius 3 is 3.21 bits per heavy atom. The first kappa shape index (κ1) is 10.1. The van der Waals surface area contributed by atoms with Crippen molar-refractivity contribution >= 4 is 15.9 Å². The van der Waals surface area contributed by atoms with Gasteiger partial charge in [0.2, 0.25) is 0 Å². The molecule has 76 valence electrons. The van der Waals surface area contributed by atoms with Gasteiger partial charge in [-0.2, -0.15) is 0 Å². The Labute approximate surface area is 92.8 Å². The quantitative estimate of drug-likeness (QED) is 0.876. The fourth-order valence-electron chi connectivity index (χ4n) is 1.85. The van der Waals surface area contributed by atoms with E-state index in [4.69, 9.17) is 4.74 Å². The van der Waals surface area contributed by atoms with Crippen LogP contribution in [-0.4, -0.2) is 20.2 Å². The van der Waals surface area contributed by atoms with E-state index in [0.29, 0.717) is 0 Å². The summed E-state index contributed by atoms with van der Waals surface area (Å²) in [5.74, 6) is 0. The Hall–Kier alpha value is -0.380. The van der Waals surface area contributed by atoms with Gasteiger partial charge in [-0.05, 0) is 36.7 Å². The van der Waals surface area contributed by atoms with Crippen molar-refractivity contribution in [1.29, 1.82) is 0 Å². The van der Waals surface area contributed by atoms with Gasteiger partial charge >= 0.3 is 0 Å². The molecular formula is C11H14BrNO. The molecule has 1 aromatic rings. The number of fused-ring (bicyclic) bond motifs is 1. The number of halogens is 1. The van der Waals surface area contributed by atoms with Gasteiger partial charge in [-0.15, -0.1) is 0 Å². The van der Waals surface area contributed by atoms with E-state index in [2.05, 4.69) is 39.4 Å². The van der Waals surface area contributed by atoms with Gasteiger partial charge in [-0.1, -0.05) is 22.0 Å². The van der Waals surface area contributed by atoms with Crippen LogP contribution in [0.4, 0.5) is 0 Å². The summed E-state index contributed by atoms with van der Waals surface area (Å²) in [6.07, 6.45) is 1.24. The van der Waals surface area contributed by atoms with Crippen LogP contribution in [0.15, 0.2) is 22.7 Å². The molecule has 0 aliphatic carbocycles. The van der Waals surface area contributed by atoms with Crippen molar-refractivity contribution < 1.29 is 4.74 Å². The van der Waals surface area contributed by atoms with E-state index >= 15 is 0 Å². The van der Waals surface area contributed by atoms with Gasteiger partial charge in [-0.25, -0.2) is 0 Å². The summed E-state index contributed by atoms with van der Waals surface area (Å²) >= 11 is 3.49. The summed E-state index contributed by atoms with van der Waals surface area (Å²) in [5.41, 5.74) is 2.74. The Kier molecular flexibility index (Phi) is 3.21. The summed E-state index contributed by atoms with van der Waals surface area (Å²) in [4.78, 5) is 0. The molecule has 0 saturated heterocycles. The zero-order chi connectivity index (χ0) is 9.97. The summed E-state index contributed by atoms with van der Waals surface area (Å²) in [6.45, 7) is 1.71. The summed E-state index contributed by atoms with van der Waals surface area (Å²) in [6, 6.07) is 6.45. The first-order valence-corrected chi connectivity index (χ1v) is 5.65. The van der Waals surface area contributed by atoms with Crippen LogP contribution in [-0.2, 0) is 11.2 Å². The highest BCUT2D eigenvalue weighted by atomic mass is 79.9. The summed E-state index contributed by atoms with van der Waals surface area (Å²) in [5, 5.41) is 3.16. The van der Waals surface area contributed by atoms with E-state index in [0.717, 1.165) is 24.0 Å². The maximum absolute atomic E-state index is 5.72. The smallest absolute Gasteiger partial charge is 0.0952 e. The average Bonchev–Trinajstić information content (AvgIpc) is 2.19. The Morgan fingerprint density at radius 1 is 1.57 bits per heavy atom. The zero-order valence-corrected chi connectivity index (χ0v) is 9.80. The largest absolute Gasteiger partial charge is 0.372 e. The van der Waals surface area contributed by atoms with Crippen LogP contribution >= 0.6 is 15.9 Å². The first-order valence-electron chi connectivity index (χ1n) is 4.86. The lowest BCUT2D eigenvalue weighted by molar-refractivity contribution is 0.0438. The van der Waals surface area contributed by atoms with E-state index in [9.17, 15) is 0 Å². The van der Waals surface area contributed by atoms with Gasteiger partial charge < -0.3 is 10.1 Å². The number of rotatable bonds is 2. The molecule has 0 fully saturated rings. The predicted octanol–water partition coefficient (Wildman–Crippen LogP) is 2.28. The number of ether oxygens (including phenoxy) is 1. The minimum atomic E-state index is 0.209. The number of likely N-dealkylation sites (N-methyl/N-ethyl adjacent to an activating group) is 1.